The number of hydrogen-bond acceptors (Lipinski definition) is 3. The molecule has 3 amide bonds. The molecule has 0 aromatic carbocycles. The molecular formula is C18H29N3O3. The first-order chi connectivity index (χ1) is 11.2. The van der Waals surface area contributed by atoms with Crippen LogP contribution >= 0.6 is 0 Å². The van der Waals surface area contributed by atoms with Crippen molar-refractivity contribution in [2.24, 2.45) is 28.6 Å². The molecule has 4 bridgehead atoms. The average Bonchev–Trinajstić information content (AvgIpc) is 2.47. The van der Waals surface area contributed by atoms with E-state index in [9.17, 15) is 14.4 Å². The standard InChI is InChI=1S/C18H29N3O3/c1-17(2,3)15(23)21-20-14(22)10-19-16(24)18-7-11-4-12(8-18)6-13(5-11)9-18/h11-13H,4-10H2,1-3H3,(H,19,24)(H,20,22)(H,21,23). The number of nitrogens with one attached hydrogen (secondary N) is 3. The van der Waals surface area contributed by atoms with Gasteiger partial charge in [-0.3, -0.25) is 25.2 Å². The van der Waals surface area contributed by atoms with Crippen molar-refractivity contribution in [3.05, 3.63) is 0 Å². The summed E-state index contributed by atoms with van der Waals surface area (Å²) in [5.41, 5.74) is 3.94. The van der Waals surface area contributed by atoms with Crippen LogP contribution in [0.3, 0.4) is 0 Å². The van der Waals surface area contributed by atoms with Crippen molar-refractivity contribution >= 4 is 17.7 Å². The predicted octanol–water partition coefficient (Wildman–Crippen LogP) is 1.51. The van der Waals surface area contributed by atoms with E-state index >= 15 is 0 Å². The van der Waals surface area contributed by atoms with Crippen LogP contribution in [0.5, 0.6) is 0 Å². The molecule has 0 aliphatic heterocycles. The van der Waals surface area contributed by atoms with E-state index in [1.807, 2.05) is 0 Å². The Kier molecular flexibility index (Phi) is 4.34. The maximum absolute atomic E-state index is 12.7. The summed E-state index contributed by atoms with van der Waals surface area (Å²) in [5.74, 6) is 1.46. The molecule has 0 radical (unpaired) electrons. The Balaban J connectivity index is 1.47. The van der Waals surface area contributed by atoms with Gasteiger partial charge in [0.2, 0.25) is 11.8 Å². The van der Waals surface area contributed by atoms with Crippen LogP contribution in [0.1, 0.15) is 59.3 Å². The summed E-state index contributed by atoms with van der Waals surface area (Å²) >= 11 is 0. The van der Waals surface area contributed by atoms with Gasteiger partial charge in [0.15, 0.2) is 0 Å². The molecule has 0 unspecified atom stereocenters. The molecule has 0 heterocycles. The molecule has 3 N–H and O–H groups in total. The van der Waals surface area contributed by atoms with E-state index in [1.54, 1.807) is 20.8 Å². The molecule has 4 fully saturated rings. The van der Waals surface area contributed by atoms with Crippen LogP contribution in [-0.4, -0.2) is 24.3 Å². The molecule has 6 heteroatoms. The van der Waals surface area contributed by atoms with Crippen LogP contribution in [0.4, 0.5) is 0 Å². The minimum atomic E-state index is -0.574. The van der Waals surface area contributed by atoms with Crippen LogP contribution < -0.4 is 16.2 Å². The highest BCUT2D eigenvalue weighted by molar-refractivity contribution is 5.89. The fourth-order valence-electron chi connectivity index (χ4n) is 5.09. The van der Waals surface area contributed by atoms with Crippen molar-refractivity contribution in [1.82, 2.24) is 16.2 Å². The summed E-state index contributed by atoms with van der Waals surface area (Å²) in [6.45, 7) is 5.21. The van der Waals surface area contributed by atoms with Crippen LogP contribution in [0.15, 0.2) is 0 Å². The molecule has 4 rings (SSSR count). The number of amides is 3. The number of hydrazine groups is 1. The topological polar surface area (TPSA) is 87.3 Å². The Morgan fingerprint density at radius 1 is 0.917 bits per heavy atom. The molecule has 0 spiro atoms. The highest BCUT2D eigenvalue weighted by Gasteiger charge is 2.54. The zero-order chi connectivity index (χ0) is 17.5. The first kappa shape index (κ1) is 17.2. The lowest BCUT2D eigenvalue weighted by atomic mass is 9.49. The van der Waals surface area contributed by atoms with E-state index in [-0.39, 0.29) is 23.8 Å². The van der Waals surface area contributed by atoms with Crippen molar-refractivity contribution in [3.8, 4) is 0 Å². The van der Waals surface area contributed by atoms with E-state index in [0.717, 1.165) is 19.3 Å². The summed E-state index contributed by atoms with van der Waals surface area (Å²) in [4.78, 5) is 36.3. The lowest BCUT2D eigenvalue weighted by molar-refractivity contribution is -0.147. The highest BCUT2D eigenvalue weighted by atomic mass is 16.2. The van der Waals surface area contributed by atoms with Gasteiger partial charge in [-0.25, -0.2) is 0 Å². The third-order valence-corrected chi connectivity index (χ3v) is 5.93. The van der Waals surface area contributed by atoms with Gasteiger partial charge in [-0.15, -0.1) is 0 Å². The van der Waals surface area contributed by atoms with E-state index < -0.39 is 11.3 Å². The fourth-order valence-corrected chi connectivity index (χ4v) is 5.09. The summed E-state index contributed by atoms with van der Waals surface area (Å²) < 4.78 is 0. The summed E-state index contributed by atoms with van der Waals surface area (Å²) in [6.07, 6.45) is 6.79. The van der Waals surface area contributed by atoms with Crippen molar-refractivity contribution < 1.29 is 14.4 Å². The van der Waals surface area contributed by atoms with E-state index in [4.69, 9.17) is 0 Å². The lowest BCUT2D eigenvalue weighted by Gasteiger charge is -2.55. The number of carbonyl (C=O) groups excluding carboxylic acids is 3. The second-order valence-electron chi connectivity index (χ2n) is 9.13. The van der Waals surface area contributed by atoms with E-state index in [2.05, 4.69) is 16.2 Å². The highest BCUT2D eigenvalue weighted by Crippen LogP contribution is 2.60. The Morgan fingerprint density at radius 3 is 1.88 bits per heavy atom. The van der Waals surface area contributed by atoms with Gasteiger partial charge in [-0.05, 0) is 56.3 Å². The van der Waals surface area contributed by atoms with Gasteiger partial charge >= 0.3 is 0 Å². The Morgan fingerprint density at radius 2 is 1.42 bits per heavy atom. The van der Waals surface area contributed by atoms with Crippen LogP contribution in [0.25, 0.3) is 0 Å². The second kappa shape index (κ2) is 6.05. The normalized spacial score (nSPS) is 33.9. The third-order valence-electron chi connectivity index (χ3n) is 5.93. The molecule has 0 saturated heterocycles. The molecule has 24 heavy (non-hydrogen) atoms. The molecule has 4 aliphatic rings. The monoisotopic (exact) mass is 335 g/mol. The third kappa shape index (κ3) is 3.42. The predicted molar refractivity (Wildman–Crippen MR) is 89.4 cm³/mol. The smallest absolute Gasteiger partial charge is 0.257 e. The molecule has 4 saturated carbocycles. The lowest BCUT2D eigenvalue weighted by Crippen LogP contribution is -2.55. The van der Waals surface area contributed by atoms with Crippen LogP contribution in [0.2, 0.25) is 0 Å². The quantitative estimate of drug-likeness (QED) is 0.683. The van der Waals surface area contributed by atoms with Gasteiger partial charge < -0.3 is 5.32 Å². The van der Waals surface area contributed by atoms with Crippen LogP contribution in [-0.2, 0) is 14.4 Å². The van der Waals surface area contributed by atoms with Gasteiger partial charge in [0.1, 0.15) is 0 Å². The van der Waals surface area contributed by atoms with Gasteiger partial charge in [0, 0.05) is 10.8 Å². The Labute approximate surface area is 143 Å². The van der Waals surface area contributed by atoms with Gasteiger partial charge in [0.05, 0.1) is 6.54 Å². The first-order valence-corrected chi connectivity index (χ1v) is 9.05. The Hall–Kier alpha value is -1.59. The Bertz CT molecular complexity index is 515. The molecule has 0 aromatic heterocycles. The van der Waals surface area contributed by atoms with E-state index in [0.29, 0.717) is 17.8 Å². The van der Waals surface area contributed by atoms with Crippen molar-refractivity contribution in [1.29, 1.82) is 0 Å². The molecule has 0 aromatic rings. The number of hydrogen-bond donors (Lipinski definition) is 3. The van der Waals surface area contributed by atoms with Crippen molar-refractivity contribution in [3.63, 3.8) is 0 Å². The zero-order valence-electron chi connectivity index (χ0n) is 14.9. The minimum Gasteiger partial charge on any atom is -0.346 e. The zero-order valence-corrected chi connectivity index (χ0v) is 14.9. The van der Waals surface area contributed by atoms with Crippen molar-refractivity contribution in [2.75, 3.05) is 6.54 Å². The summed E-state index contributed by atoms with van der Waals surface area (Å²) in [5, 5.41) is 2.80. The molecule has 6 nitrogen and oxygen atoms in total. The number of rotatable bonds is 3. The first-order valence-electron chi connectivity index (χ1n) is 9.05. The largest absolute Gasteiger partial charge is 0.346 e. The van der Waals surface area contributed by atoms with Gasteiger partial charge in [-0.1, -0.05) is 20.8 Å². The fraction of sp³-hybridized carbons (Fsp3) is 0.833. The summed E-state index contributed by atoms with van der Waals surface area (Å²) in [7, 11) is 0. The van der Waals surface area contributed by atoms with Crippen LogP contribution in [0, 0.1) is 28.6 Å². The van der Waals surface area contributed by atoms with E-state index in [1.165, 1.54) is 19.3 Å². The molecule has 134 valence electrons. The SMILES string of the molecule is CC(C)(C)C(=O)NNC(=O)CNC(=O)C12CC3CC(CC(C3)C1)C2. The minimum absolute atomic E-state index is 0.0268. The molecular weight excluding hydrogens is 306 g/mol. The van der Waals surface area contributed by atoms with Gasteiger partial charge in [-0.2, -0.15) is 0 Å². The molecule has 0 atom stereocenters. The van der Waals surface area contributed by atoms with Crippen molar-refractivity contribution in [2.45, 2.75) is 59.3 Å². The van der Waals surface area contributed by atoms with Gasteiger partial charge in [0.25, 0.3) is 5.91 Å². The maximum atomic E-state index is 12.7. The second-order valence-corrected chi connectivity index (χ2v) is 9.13. The maximum Gasteiger partial charge on any atom is 0.257 e. The average molecular weight is 335 g/mol. The molecule has 4 aliphatic carbocycles. The number of carbonyl (C=O) groups is 3. The summed E-state index contributed by atoms with van der Waals surface area (Å²) in [6, 6.07) is 0.